The fourth-order valence-electron chi connectivity index (χ4n) is 1.67. The topological polar surface area (TPSA) is 65.1 Å². The standard InChI is InChI=1S/C12H9FN2O3/c13-11-6-9(3-4-12(11)15(17)18)7-14-5-1-2-10(14)8-16/h1-6,8H,7H2. The molecule has 5 nitrogen and oxygen atoms in total. The minimum atomic E-state index is -0.877. The van der Waals surface area contributed by atoms with Gasteiger partial charge in [0.2, 0.25) is 5.82 Å². The molecule has 6 heteroatoms. The van der Waals surface area contributed by atoms with E-state index >= 15 is 0 Å². The zero-order valence-corrected chi connectivity index (χ0v) is 9.25. The van der Waals surface area contributed by atoms with Crippen LogP contribution in [0.1, 0.15) is 16.1 Å². The van der Waals surface area contributed by atoms with Gasteiger partial charge in [0.1, 0.15) is 0 Å². The summed E-state index contributed by atoms with van der Waals surface area (Å²) in [5.41, 5.74) is 0.466. The van der Waals surface area contributed by atoms with Gasteiger partial charge in [0.15, 0.2) is 6.29 Å². The number of hydrogen-bond acceptors (Lipinski definition) is 3. The van der Waals surface area contributed by atoms with Crippen molar-refractivity contribution < 1.29 is 14.1 Å². The van der Waals surface area contributed by atoms with Gasteiger partial charge in [-0.3, -0.25) is 14.9 Å². The van der Waals surface area contributed by atoms with Gasteiger partial charge in [0, 0.05) is 18.8 Å². The molecular weight excluding hydrogens is 239 g/mol. The molecule has 0 aliphatic rings. The van der Waals surface area contributed by atoms with E-state index in [4.69, 9.17) is 0 Å². The predicted octanol–water partition coefficient (Wildman–Crippen LogP) is 2.40. The Morgan fingerprint density at radius 1 is 1.39 bits per heavy atom. The van der Waals surface area contributed by atoms with Crippen LogP contribution in [0.25, 0.3) is 0 Å². The van der Waals surface area contributed by atoms with Gasteiger partial charge >= 0.3 is 5.69 Å². The molecule has 1 aromatic heterocycles. The molecule has 0 bridgehead atoms. The molecule has 92 valence electrons. The molecule has 2 aromatic rings. The van der Waals surface area contributed by atoms with E-state index in [2.05, 4.69) is 0 Å². The minimum Gasteiger partial charge on any atom is -0.341 e. The number of hydrogen-bond donors (Lipinski definition) is 0. The molecule has 0 saturated heterocycles. The smallest absolute Gasteiger partial charge is 0.304 e. The molecule has 18 heavy (non-hydrogen) atoms. The lowest BCUT2D eigenvalue weighted by Crippen LogP contribution is -2.03. The van der Waals surface area contributed by atoms with Gasteiger partial charge in [-0.05, 0) is 23.8 Å². The number of aromatic nitrogens is 1. The van der Waals surface area contributed by atoms with E-state index in [-0.39, 0.29) is 6.54 Å². The maximum absolute atomic E-state index is 13.4. The summed E-state index contributed by atoms with van der Waals surface area (Å²) in [5, 5.41) is 10.5. The van der Waals surface area contributed by atoms with Crippen LogP contribution < -0.4 is 0 Å². The number of benzene rings is 1. The van der Waals surface area contributed by atoms with Crippen molar-refractivity contribution >= 4 is 12.0 Å². The Morgan fingerprint density at radius 2 is 2.17 bits per heavy atom. The average Bonchev–Trinajstić information content (AvgIpc) is 2.76. The monoisotopic (exact) mass is 248 g/mol. The quantitative estimate of drug-likeness (QED) is 0.474. The molecule has 0 atom stereocenters. The van der Waals surface area contributed by atoms with Gasteiger partial charge in [0.25, 0.3) is 0 Å². The summed E-state index contributed by atoms with van der Waals surface area (Å²) in [5.74, 6) is -0.877. The van der Waals surface area contributed by atoms with E-state index in [1.54, 1.807) is 22.9 Å². The molecule has 0 N–H and O–H groups in total. The first-order chi connectivity index (χ1) is 8.61. The molecule has 0 saturated carbocycles. The van der Waals surface area contributed by atoms with Crippen LogP contribution in [0.15, 0.2) is 36.5 Å². The van der Waals surface area contributed by atoms with Crippen molar-refractivity contribution in [2.45, 2.75) is 6.54 Å². The summed E-state index contributed by atoms with van der Waals surface area (Å²) in [6.07, 6.45) is 2.38. The van der Waals surface area contributed by atoms with Crippen LogP contribution in [-0.4, -0.2) is 15.8 Å². The second-order valence-corrected chi connectivity index (χ2v) is 3.72. The van der Waals surface area contributed by atoms with Crippen molar-refractivity contribution in [3.63, 3.8) is 0 Å². The summed E-state index contributed by atoms with van der Waals surface area (Å²) in [6, 6.07) is 7.03. The van der Waals surface area contributed by atoms with E-state index in [1.807, 2.05) is 0 Å². The van der Waals surface area contributed by atoms with Crippen molar-refractivity contribution in [2.24, 2.45) is 0 Å². The van der Waals surface area contributed by atoms with E-state index in [0.29, 0.717) is 17.5 Å². The van der Waals surface area contributed by atoms with Gasteiger partial charge in [0.05, 0.1) is 10.6 Å². The van der Waals surface area contributed by atoms with E-state index in [1.165, 1.54) is 6.07 Å². The fourth-order valence-corrected chi connectivity index (χ4v) is 1.67. The minimum absolute atomic E-state index is 0.288. The molecule has 0 unspecified atom stereocenters. The van der Waals surface area contributed by atoms with Crippen LogP contribution in [0.5, 0.6) is 0 Å². The van der Waals surface area contributed by atoms with Crippen molar-refractivity contribution in [2.75, 3.05) is 0 Å². The zero-order valence-electron chi connectivity index (χ0n) is 9.25. The zero-order chi connectivity index (χ0) is 13.1. The van der Waals surface area contributed by atoms with E-state index in [0.717, 1.165) is 12.1 Å². The number of aldehydes is 1. The van der Waals surface area contributed by atoms with Crippen LogP contribution in [0.4, 0.5) is 10.1 Å². The molecule has 0 spiro atoms. The molecular formula is C12H9FN2O3. The summed E-state index contributed by atoms with van der Waals surface area (Å²) < 4.78 is 15.0. The highest BCUT2D eigenvalue weighted by atomic mass is 19.1. The number of carbonyl (C=O) groups excluding carboxylic acids is 1. The van der Waals surface area contributed by atoms with Gasteiger partial charge in [-0.25, -0.2) is 0 Å². The maximum atomic E-state index is 13.4. The first-order valence-electron chi connectivity index (χ1n) is 5.15. The van der Waals surface area contributed by atoms with Crippen LogP contribution >= 0.6 is 0 Å². The number of nitro groups is 1. The van der Waals surface area contributed by atoms with E-state index < -0.39 is 16.4 Å². The summed E-state index contributed by atoms with van der Waals surface area (Å²) in [6.45, 7) is 0.288. The molecule has 0 aliphatic heterocycles. The number of carbonyl (C=O) groups is 1. The summed E-state index contributed by atoms with van der Waals surface area (Å²) >= 11 is 0. The van der Waals surface area contributed by atoms with Crippen LogP contribution in [0.2, 0.25) is 0 Å². The number of nitrogens with zero attached hydrogens (tertiary/aromatic N) is 2. The lowest BCUT2D eigenvalue weighted by Gasteiger charge is -2.05. The van der Waals surface area contributed by atoms with Gasteiger partial charge in [-0.15, -0.1) is 0 Å². The van der Waals surface area contributed by atoms with Gasteiger partial charge in [-0.2, -0.15) is 4.39 Å². The molecule has 1 heterocycles. The third-order valence-corrected chi connectivity index (χ3v) is 2.55. The highest BCUT2D eigenvalue weighted by Gasteiger charge is 2.13. The van der Waals surface area contributed by atoms with Crippen molar-refractivity contribution in [3.8, 4) is 0 Å². The van der Waals surface area contributed by atoms with Crippen LogP contribution in [-0.2, 0) is 6.54 Å². The predicted molar refractivity (Wildman–Crippen MR) is 62.0 cm³/mol. The van der Waals surface area contributed by atoms with Gasteiger partial charge < -0.3 is 4.57 Å². The Bertz CT molecular complexity index is 607. The third kappa shape index (κ3) is 2.27. The Labute approximate surface area is 102 Å². The van der Waals surface area contributed by atoms with Gasteiger partial charge in [-0.1, -0.05) is 6.07 Å². The van der Waals surface area contributed by atoms with Crippen LogP contribution in [0, 0.1) is 15.9 Å². The van der Waals surface area contributed by atoms with Crippen molar-refractivity contribution in [1.82, 2.24) is 4.57 Å². The molecule has 0 radical (unpaired) electrons. The largest absolute Gasteiger partial charge is 0.341 e. The van der Waals surface area contributed by atoms with Crippen molar-refractivity contribution in [1.29, 1.82) is 0 Å². The molecule has 2 rings (SSSR count). The Kier molecular flexibility index (Phi) is 3.18. The SMILES string of the molecule is O=Cc1cccn1Cc1ccc([N+](=O)[O-])c(F)c1. The normalized spacial score (nSPS) is 10.3. The highest BCUT2D eigenvalue weighted by Crippen LogP contribution is 2.18. The Morgan fingerprint density at radius 3 is 2.78 bits per heavy atom. The third-order valence-electron chi connectivity index (χ3n) is 2.55. The second kappa shape index (κ2) is 4.79. The molecule has 0 amide bonds. The van der Waals surface area contributed by atoms with Crippen LogP contribution in [0.3, 0.4) is 0 Å². The van der Waals surface area contributed by atoms with E-state index in [9.17, 15) is 19.3 Å². The fraction of sp³-hybridized carbons (Fsp3) is 0.0833. The molecule has 0 fully saturated rings. The maximum Gasteiger partial charge on any atom is 0.304 e. The highest BCUT2D eigenvalue weighted by molar-refractivity contribution is 5.72. The number of halogens is 1. The van der Waals surface area contributed by atoms with Crippen molar-refractivity contribution in [3.05, 3.63) is 63.7 Å². The first-order valence-corrected chi connectivity index (χ1v) is 5.15. The lowest BCUT2D eigenvalue weighted by molar-refractivity contribution is -0.387. The summed E-state index contributed by atoms with van der Waals surface area (Å²) in [7, 11) is 0. The number of nitro benzene ring substituents is 1. The second-order valence-electron chi connectivity index (χ2n) is 3.72. The molecule has 0 aliphatic carbocycles. The number of rotatable bonds is 4. The first kappa shape index (κ1) is 12.0. The molecule has 1 aromatic carbocycles. The average molecular weight is 248 g/mol. The Hall–Kier alpha value is -2.50. The lowest BCUT2D eigenvalue weighted by atomic mass is 10.2. The Balaban J connectivity index is 2.28. The summed E-state index contributed by atoms with van der Waals surface area (Å²) in [4.78, 5) is 20.4.